The van der Waals surface area contributed by atoms with Gasteiger partial charge in [0.25, 0.3) is 0 Å². The van der Waals surface area contributed by atoms with Crippen molar-refractivity contribution in [2.75, 3.05) is 0 Å². The van der Waals surface area contributed by atoms with E-state index in [2.05, 4.69) is 15.0 Å². The Morgan fingerprint density at radius 1 is 1.28 bits per heavy atom. The van der Waals surface area contributed by atoms with Crippen molar-refractivity contribution < 1.29 is 4.39 Å². The molecule has 0 bridgehead atoms. The van der Waals surface area contributed by atoms with Gasteiger partial charge in [-0.05, 0) is 36.9 Å². The van der Waals surface area contributed by atoms with Gasteiger partial charge in [-0.1, -0.05) is 0 Å². The number of fused-ring (bicyclic) bond motifs is 1. The summed E-state index contributed by atoms with van der Waals surface area (Å²) in [4.78, 5) is 12.7. The normalized spacial score (nSPS) is 11.0. The molecule has 3 nitrogen and oxygen atoms in total. The third-order valence-corrected chi connectivity index (χ3v) is 4.42. The summed E-state index contributed by atoms with van der Waals surface area (Å²) in [5.41, 5.74) is 1.72. The molecule has 0 spiro atoms. The minimum atomic E-state index is -0.283. The summed E-state index contributed by atoms with van der Waals surface area (Å²) >= 11 is 2.99. The Balaban J connectivity index is 2.08. The van der Waals surface area contributed by atoms with E-state index in [1.807, 2.05) is 12.3 Å². The molecule has 6 heteroatoms. The summed E-state index contributed by atoms with van der Waals surface area (Å²) in [6, 6.07) is 4.51. The predicted molar refractivity (Wildman–Crippen MR) is 70.5 cm³/mol. The fourth-order valence-corrected chi connectivity index (χ4v) is 3.37. The maximum atomic E-state index is 13.3. The molecule has 18 heavy (non-hydrogen) atoms. The lowest BCUT2D eigenvalue weighted by Gasteiger charge is -2.02. The molecule has 0 amide bonds. The average Bonchev–Trinajstić information content (AvgIpc) is 2.76. The van der Waals surface area contributed by atoms with Gasteiger partial charge < -0.3 is 0 Å². The Morgan fingerprint density at radius 3 is 2.94 bits per heavy atom. The van der Waals surface area contributed by atoms with Crippen LogP contribution in [0.3, 0.4) is 0 Å². The van der Waals surface area contributed by atoms with Crippen LogP contribution in [0.5, 0.6) is 0 Å². The Morgan fingerprint density at radius 2 is 2.17 bits per heavy atom. The molecule has 3 aromatic rings. The second kappa shape index (κ2) is 4.62. The maximum absolute atomic E-state index is 13.3. The van der Waals surface area contributed by atoms with Gasteiger partial charge in [-0.25, -0.2) is 19.3 Å². The highest BCUT2D eigenvalue weighted by Gasteiger charge is 2.08. The summed E-state index contributed by atoms with van der Waals surface area (Å²) < 4.78 is 14.2. The van der Waals surface area contributed by atoms with Crippen molar-refractivity contribution >= 4 is 34.0 Å². The molecular formula is C12H8FN3S2. The third kappa shape index (κ3) is 2.21. The number of aromatic nitrogens is 3. The van der Waals surface area contributed by atoms with Gasteiger partial charge in [0.05, 0.1) is 5.52 Å². The molecular weight excluding hydrogens is 269 g/mol. The summed E-state index contributed by atoms with van der Waals surface area (Å²) in [7, 11) is 0. The van der Waals surface area contributed by atoms with Crippen LogP contribution in [0.4, 0.5) is 4.39 Å². The first kappa shape index (κ1) is 11.6. The number of hydrogen-bond acceptors (Lipinski definition) is 5. The fraction of sp³-hybridized carbons (Fsp3) is 0.0833. The minimum Gasteiger partial charge on any atom is -0.236 e. The maximum Gasteiger partial charge on any atom is 0.156 e. The van der Waals surface area contributed by atoms with Gasteiger partial charge in [-0.3, -0.25) is 0 Å². The molecule has 2 heterocycles. The van der Waals surface area contributed by atoms with Crippen LogP contribution in [0, 0.1) is 12.7 Å². The largest absolute Gasteiger partial charge is 0.236 e. The SMILES string of the molecule is Cc1csc(Sc2ncnc3ccc(F)cc23)n1. The lowest BCUT2D eigenvalue weighted by atomic mass is 10.2. The molecule has 3 rings (SSSR count). The molecule has 0 aliphatic carbocycles. The molecule has 0 aliphatic heterocycles. The van der Waals surface area contributed by atoms with Crippen LogP contribution in [-0.4, -0.2) is 15.0 Å². The predicted octanol–water partition coefficient (Wildman–Crippen LogP) is 3.69. The molecule has 0 radical (unpaired) electrons. The standard InChI is InChI=1S/C12H8FN3S2/c1-7-5-17-12(16-7)18-11-9-4-8(13)2-3-10(9)14-6-15-11/h2-6H,1H3. The van der Waals surface area contributed by atoms with Crippen LogP contribution in [0.15, 0.2) is 39.3 Å². The zero-order valence-electron chi connectivity index (χ0n) is 9.42. The van der Waals surface area contributed by atoms with E-state index in [1.54, 1.807) is 17.4 Å². The quantitative estimate of drug-likeness (QED) is 0.670. The summed E-state index contributed by atoms with van der Waals surface area (Å²) in [5, 5.41) is 3.43. The van der Waals surface area contributed by atoms with E-state index in [4.69, 9.17) is 0 Å². The van der Waals surface area contributed by atoms with Crippen molar-refractivity contribution in [2.45, 2.75) is 16.3 Å². The highest BCUT2D eigenvalue weighted by Crippen LogP contribution is 2.32. The van der Waals surface area contributed by atoms with Crippen LogP contribution >= 0.6 is 23.1 Å². The number of thiazole rings is 1. The minimum absolute atomic E-state index is 0.283. The van der Waals surface area contributed by atoms with Crippen molar-refractivity contribution in [1.82, 2.24) is 15.0 Å². The Hall–Kier alpha value is -1.53. The molecule has 0 saturated carbocycles. The van der Waals surface area contributed by atoms with Crippen LogP contribution in [0.2, 0.25) is 0 Å². The van der Waals surface area contributed by atoms with E-state index in [9.17, 15) is 4.39 Å². The van der Waals surface area contributed by atoms with E-state index < -0.39 is 0 Å². The van der Waals surface area contributed by atoms with Crippen molar-refractivity contribution in [1.29, 1.82) is 0 Å². The highest BCUT2D eigenvalue weighted by atomic mass is 32.2. The van der Waals surface area contributed by atoms with Gasteiger partial charge in [0.1, 0.15) is 17.2 Å². The summed E-state index contributed by atoms with van der Waals surface area (Å²) in [5.74, 6) is -0.283. The van der Waals surface area contributed by atoms with Crippen LogP contribution < -0.4 is 0 Å². The van der Waals surface area contributed by atoms with Crippen molar-refractivity contribution in [2.24, 2.45) is 0 Å². The number of aryl methyl sites for hydroxylation is 1. The molecule has 0 atom stereocenters. The Labute approximate surface area is 111 Å². The van der Waals surface area contributed by atoms with E-state index in [0.717, 1.165) is 26.0 Å². The molecule has 90 valence electrons. The average molecular weight is 277 g/mol. The van der Waals surface area contributed by atoms with Crippen molar-refractivity contribution in [3.63, 3.8) is 0 Å². The second-order valence-electron chi connectivity index (χ2n) is 3.70. The van der Waals surface area contributed by atoms with E-state index in [0.29, 0.717) is 0 Å². The van der Waals surface area contributed by atoms with Crippen molar-refractivity contribution in [3.05, 3.63) is 41.4 Å². The number of benzene rings is 1. The number of hydrogen-bond donors (Lipinski definition) is 0. The molecule has 1 aromatic carbocycles. The second-order valence-corrected chi connectivity index (χ2v) is 5.79. The number of halogens is 1. The molecule has 2 aromatic heterocycles. The van der Waals surface area contributed by atoms with Crippen LogP contribution in [-0.2, 0) is 0 Å². The van der Waals surface area contributed by atoms with E-state index in [1.165, 1.54) is 30.2 Å². The van der Waals surface area contributed by atoms with Gasteiger partial charge in [0, 0.05) is 16.5 Å². The summed E-state index contributed by atoms with van der Waals surface area (Å²) in [6.07, 6.45) is 1.49. The Bertz CT molecular complexity index is 711. The van der Waals surface area contributed by atoms with Crippen molar-refractivity contribution in [3.8, 4) is 0 Å². The molecule has 0 fully saturated rings. The first-order chi connectivity index (χ1) is 8.72. The van der Waals surface area contributed by atoms with Gasteiger partial charge in [-0.15, -0.1) is 11.3 Å². The monoisotopic (exact) mass is 277 g/mol. The van der Waals surface area contributed by atoms with Gasteiger partial charge in [0.2, 0.25) is 0 Å². The van der Waals surface area contributed by atoms with Crippen LogP contribution in [0.25, 0.3) is 10.9 Å². The topological polar surface area (TPSA) is 38.7 Å². The van der Waals surface area contributed by atoms with E-state index >= 15 is 0 Å². The van der Waals surface area contributed by atoms with Gasteiger partial charge >= 0.3 is 0 Å². The molecule has 0 saturated heterocycles. The lowest BCUT2D eigenvalue weighted by molar-refractivity contribution is 0.629. The first-order valence-corrected chi connectivity index (χ1v) is 6.92. The summed E-state index contributed by atoms with van der Waals surface area (Å²) in [6.45, 7) is 1.94. The smallest absolute Gasteiger partial charge is 0.156 e. The highest BCUT2D eigenvalue weighted by molar-refractivity contribution is 8.01. The van der Waals surface area contributed by atoms with E-state index in [-0.39, 0.29) is 5.82 Å². The number of nitrogens with zero attached hydrogens (tertiary/aromatic N) is 3. The number of rotatable bonds is 2. The zero-order valence-corrected chi connectivity index (χ0v) is 11.1. The first-order valence-electron chi connectivity index (χ1n) is 5.22. The lowest BCUT2D eigenvalue weighted by Crippen LogP contribution is -1.87. The Kier molecular flexibility index (Phi) is 2.97. The molecule has 0 aliphatic rings. The van der Waals surface area contributed by atoms with Gasteiger partial charge in [-0.2, -0.15) is 0 Å². The fourth-order valence-electron chi connectivity index (χ4n) is 1.55. The molecule has 0 unspecified atom stereocenters. The van der Waals surface area contributed by atoms with Crippen LogP contribution in [0.1, 0.15) is 5.69 Å². The van der Waals surface area contributed by atoms with Gasteiger partial charge in [0.15, 0.2) is 4.34 Å². The zero-order chi connectivity index (χ0) is 12.5. The third-order valence-electron chi connectivity index (χ3n) is 2.34. The molecule has 0 N–H and O–H groups in total.